The van der Waals surface area contributed by atoms with Crippen LogP contribution in [0.15, 0.2) is 22.7 Å². The van der Waals surface area contributed by atoms with Crippen molar-refractivity contribution >= 4 is 27.4 Å². The zero-order valence-electron chi connectivity index (χ0n) is 9.50. The van der Waals surface area contributed by atoms with Gasteiger partial charge >= 0.3 is 0 Å². The molecule has 1 aliphatic rings. The number of Topliss-reactive ketones (excluding diaryl/α,β-unsaturated/α-hetero) is 1. The third-order valence-corrected chi connectivity index (χ3v) is 3.58. The minimum Gasteiger partial charge on any atom is -0.370 e. The van der Waals surface area contributed by atoms with Gasteiger partial charge in [0.2, 0.25) is 0 Å². The Hall–Kier alpha value is -0.830. The third-order valence-electron chi connectivity index (χ3n) is 3.08. The molecule has 3 heteroatoms. The number of nitrogens with zero attached hydrogens (tertiary/aromatic N) is 1. The molecule has 0 amide bonds. The van der Waals surface area contributed by atoms with Gasteiger partial charge < -0.3 is 4.90 Å². The van der Waals surface area contributed by atoms with Gasteiger partial charge in [0.25, 0.3) is 0 Å². The second-order valence-corrected chi connectivity index (χ2v) is 5.07. The summed E-state index contributed by atoms with van der Waals surface area (Å²) in [6.45, 7) is 3.90. The highest BCUT2D eigenvalue weighted by Crippen LogP contribution is 2.26. The normalized spacial score (nSPS) is 16.6. The summed E-state index contributed by atoms with van der Waals surface area (Å²) in [7, 11) is 0. The third kappa shape index (κ3) is 2.46. The second-order valence-electron chi connectivity index (χ2n) is 4.15. The first-order chi connectivity index (χ1) is 7.70. The van der Waals surface area contributed by atoms with E-state index in [4.69, 9.17) is 0 Å². The quantitative estimate of drug-likeness (QED) is 0.830. The summed E-state index contributed by atoms with van der Waals surface area (Å²) in [4.78, 5) is 13.5. The Balaban J connectivity index is 2.22. The molecular weight excluding hydrogens is 266 g/mol. The number of piperidine rings is 1. The van der Waals surface area contributed by atoms with Crippen LogP contribution < -0.4 is 4.90 Å². The molecule has 1 aliphatic heterocycles. The molecule has 86 valence electrons. The van der Waals surface area contributed by atoms with E-state index in [0.29, 0.717) is 18.6 Å². The van der Waals surface area contributed by atoms with Crippen LogP contribution in [0.5, 0.6) is 0 Å². The van der Waals surface area contributed by atoms with E-state index in [9.17, 15) is 4.79 Å². The van der Waals surface area contributed by atoms with Crippen molar-refractivity contribution in [2.24, 2.45) is 0 Å². The molecule has 0 radical (unpaired) electrons. The maximum atomic E-state index is 11.2. The highest BCUT2D eigenvalue weighted by Gasteiger charge is 2.18. The van der Waals surface area contributed by atoms with Crippen LogP contribution in [0, 0.1) is 0 Å². The van der Waals surface area contributed by atoms with Crippen LogP contribution >= 0.6 is 15.9 Å². The van der Waals surface area contributed by atoms with Crippen molar-refractivity contribution in [1.29, 1.82) is 0 Å². The maximum Gasteiger partial charge on any atom is 0.136 e. The summed E-state index contributed by atoms with van der Waals surface area (Å²) in [5.74, 6) is 0.395. The number of hydrogen-bond donors (Lipinski definition) is 0. The fraction of sp³-hybridized carbons (Fsp3) is 0.462. The smallest absolute Gasteiger partial charge is 0.136 e. The van der Waals surface area contributed by atoms with Crippen molar-refractivity contribution < 1.29 is 4.79 Å². The van der Waals surface area contributed by atoms with Crippen LogP contribution in [0.1, 0.15) is 25.3 Å². The zero-order valence-corrected chi connectivity index (χ0v) is 11.1. The summed E-state index contributed by atoms with van der Waals surface area (Å²) in [5, 5.41) is 0. The number of hydrogen-bond acceptors (Lipinski definition) is 2. The fourth-order valence-corrected chi connectivity index (χ4v) is 2.55. The van der Waals surface area contributed by atoms with E-state index in [1.165, 1.54) is 11.3 Å². The Morgan fingerprint density at radius 3 is 2.62 bits per heavy atom. The number of halogens is 1. The molecule has 0 bridgehead atoms. The average molecular weight is 282 g/mol. The first-order valence-electron chi connectivity index (χ1n) is 5.75. The Morgan fingerprint density at radius 1 is 1.31 bits per heavy atom. The highest BCUT2D eigenvalue weighted by atomic mass is 79.9. The van der Waals surface area contributed by atoms with Gasteiger partial charge in [-0.05, 0) is 30.2 Å². The first kappa shape index (κ1) is 11.6. The zero-order chi connectivity index (χ0) is 11.5. The van der Waals surface area contributed by atoms with Crippen molar-refractivity contribution in [2.75, 3.05) is 18.0 Å². The Bertz CT molecular complexity index is 393. The molecule has 1 aromatic carbocycles. The molecular formula is C13H16BrNO. The van der Waals surface area contributed by atoms with E-state index in [1.54, 1.807) is 0 Å². The number of anilines is 1. The standard InChI is InChI=1S/C13H16BrNO/c1-2-10-9-11(14)3-4-13(10)15-7-5-12(16)6-8-15/h3-4,9H,2,5-8H2,1H3. The molecule has 16 heavy (non-hydrogen) atoms. The van der Waals surface area contributed by atoms with Gasteiger partial charge in [-0.1, -0.05) is 22.9 Å². The molecule has 0 aliphatic carbocycles. The van der Waals surface area contributed by atoms with E-state index in [-0.39, 0.29) is 0 Å². The molecule has 0 N–H and O–H groups in total. The van der Waals surface area contributed by atoms with Crippen LogP contribution in [0.3, 0.4) is 0 Å². The molecule has 0 saturated carbocycles. The molecule has 1 heterocycles. The lowest BCUT2D eigenvalue weighted by Crippen LogP contribution is -2.34. The largest absolute Gasteiger partial charge is 0.370 e. The lowest BCUT2D eigenvalue weighted by Gasteiger charge is -2.30. The van der Waals surface area contributed by atoms with Crippen molar-refractivity contribution in [1.82, 2.24) is 0 Å². The summed E-state index contributed by atoms with van der Waals surface area (Å²) < 4.78 is 1.13. The highest BCUT2D eigenvalue weighted by molar-refractivity contribution is 9.10. The van der Waals surface area contributed by atoms with Crippen LogP contribution in [0.2, 0.25) is 0 Å². The predicted molar refractivity (Wildman–Crippen MR) is 70.0 cm³/mol. The summed E-state index contributed by atoms with van der Waals surface area (Å²) in [6.07, 6.45) is 2.41. The molecule has 2 nitrogen and oxygen atoms in total. The summed E-state index contributed by atoms with van der Waals surface area (Å²) in [5.41, 5.74) is 2.64. The molecule has 1 saturated heterocycles. The predicted octanol–water partition coefficient (Wildman–Crippen LogP) is 3.18. The molecule has 2 rings (SSSR count). The molecule has 0 unspecified atom stereocenters. The van der Waals surface area contributed by atoms with Gasteiger partial charge in [0, 0.05) is 36.1 Å². The Labute approximate surface area is 105 Å². The first-order valence-corrected chi connectivity index (χ1v) is 6.55. The average Bonchev–Trinajstić information content (AvgIpc) is 2.30. The Morgan fingerprint density at radius 2 is 2.00 bits per heavy atom. The van der Waals surface area contributed by atoms with Crippen molar-refractivity contribution in [3.8, 4) is 0 Å². The monoisotopic (exact) mass is 281 g/mol. The minimum atomic E-state index is 0.395. The van der Waals surface area contributed by atoms with E-state index < -0.39 is 0 Å². The van der Waals surface area contributed by atoms with Gasteiger partial charge in [0.05, 0.1) is 0 Å². The van der Waals surface area contributed by atoms with Gasteiger partial charge in [0.1, 0.15) is 5.78 Å². The van der Waals surface area contributed by atoms with E-state index in [2.05, 4.69) is 46.0 Å². The van der Waals surface area contributed by atoms with Gasteiger partial charge in [-0.3, -0.25) is 4.79 Å². The number of benzene rings is 1. The van der Waals surface area contributed by atoms with Crippen LogP contribution in [0.4, 0.5) is 5.69 Å². The maximum absolute atomic E-state index is 11.2. The van der Waals surface area contributed by atoms with Crippen LogP contribution in [-0.4, -0.2) is 18.9 Å². The number of carbonyl (C=O) groups excluding carboxylic acids is 1. The molecule has 0 atom stereocenters. The van der Waals surface area contributed by atoms with Gasteiger partial charge in [0.15, 0.2) is 0 Å². The minimum absolute atomic E-state index is 0.395. The van der Waals surface area contributed by atoms with Crippen molar-refractivity contribution in [2.45, 2.75) is 26.2 Å². The van der Waals surface area contributed by atoms with E-state index in [1.807, 2.05) is 0 Å². The number of rotatable bonds is 2. The topological polar surface area (TPSA) is 20.3 Å². The molecule has 0 spiro atoms. The van der Waals surface area contributed by atoms with Gasteiger partial charge in [-0.15, -0.1) is 0 Å². The van der Waals surface area contributed by atoms with Gasteiger partial charge in [-0.25, -0.2) is 0 Å². The van der Waals surface area contributed by atoms with Crippen molar-refractivity contribution in [3.63, 3.8) is 0 Å². The molecule has 1 aromatic rings. The number of carbonyl (C=O) groups is 1. The summed E-state index contributed by atoms with van der Waals surface area (Å²) in [6, 6.07) is 6.40. The number of ketones is 1. The van der Waals surface area contributed by atoms with Crippen LogP contribution in [0.25, 0.3) is 0 Å². The van der Waals surface area contributed by atoms with Crippen molar-refractivity contribution in [3.05, 3.63) is 28.2 Å². The van der Waals surface area contributed by atoms with Gasteiger partial charge in [-0.2, -0.15) is 0 Å². The lowest BCUT2D eigenvalue weighted by atomic mass is 10.1. The second kappa shape index (κ2) is 5.00. The van der Waals surface area contributed by atoms with E-state index >= 15 is 0 Å². The lowest BCUT2D eigenvalue weighted by molar-refractivity contribution is -0.119. The number of aryl methyl sites for hydroxylation is 1. The van der Waals surface area contributed by atoms with Crippen LogP contribution in [-0.2, 0) is 11.2 Å². The summed E-state index contributed by atoms with van der Waals surface area (Å²) >= 11 is 3.50. The SMILES string of the molecule is CCc1cc(Br)ccc1N1CCC(=O)CC1. The molecule has 0 aromatic heterocycles. The Kier molecular flexibility index (Phi) is 3.64. The molecule has 1 fully saturated rings. The fourth-order valence-electron chi connectivity index (χ4n) is 2.14. The van der Waals surface area contributed by atoms with E-state index in [0.717, 1.165) is 24.0 Å².